The van der Waals surface area contributed by atoms with Crippen molar-refractivity contribution in [1.29, 1.82) is 0 Å². The SMILES string of the molecule is CC(NC(=O)CN1C[C@@H](CN)[C@H](c2ccccc2)C1)c1ccccc1.Cl. The van der Waals surface area contributed by atoms with Gasteiger partial charge in [0.2, 0.25) is 5.91 Å². The Labute approximate surface area is 162 Å². The van der Waals surface area contributed by atoms with Gasteiger partial charge < -0.3 is 11.1 Å². The largest absolute Gasteiger partial charge is 0.348 e. The Balaban J connectivity index is 0.00000243. The quantitative estimate of drug-likeness (QED) is 0.818. The second-order valence-electron chi connectivity index (χ2n) is 6.91. The highest BCUT2D eigenvalue weighted by molar-refractivity contribution is 5.85. The molecule has 1 aliphatic heterocycles. The van der Waals surface area contributed by atoms with Crippen molar-refractivity contribution in [3.8, 4) is 0 Å². The van der Waals surface area contributed by atoms with Crippen LogP contribution in [0.2, 0.25) is 0 Å². The van der Waals surface area contributed by atoms with Gasteiger partial charge in [-0.2, -0.15) is 0 Å². The van der Waals surface area contributed by atoms with E-state index in [4.69, 9.17) is 5.73 Å². The molecule has 26 heavy (non-hydrogen) atoms. The molecule has 3 rings (SSSR count). The molecule has 140 valence electrons. The average molecular weight is 374 g/mol. The van der Waals surface area contributed by atoms with Crippen LogP contribution >= 0.6 is 12.4 Å². The molecule has 0 aliphatic carbocycles. The van der Waals surface area contributed by atoms with Gasteiger partial charge in [-0.3, -0.25) is 9.69 Å². The van der Waals surface area contributed by atoms with E-state index in [0.717, 1.165) is 18.7 Å². The van der Waals surface area contributed by atoms with Gasteiger partial charge in [-0.25, -0.2) is 0 Å². The van der Waals surface area contributed by atoms with Gasteiger partial charge in [0.15, 0.2) is 0 Å². The standard InChI is InChI=1S/C21H27N3O.ClH/c1-16(17-8-4-2-5-9-17)23-21(25)15-24-13-19(12-22)20(14-24)18-10-6-3-7-11-18;/h2-11,16,19-20H,12-15,22H2,1H3,(H,23,25);1H/t16?,19-,20+;/m1./s1. The van der Waals surface area contributed by atoms with Gasteiger partial charge in [-0.05, 0) is 30.5 Å². The van der Waals surface area contributed by atoms with Gasteiger partial charge in [0.05, 0.1) is 12.6 Å². The van der Waals surface area contributed by atoms with Gasteiger partial charge in [0.1, 0.15) is 0 Å². The number of nitrogens with one attached hydrogen (secondary N) is 1. The summed E-state index contributed by atoms with van der Waals surface area (Å²) in [6, 6.07) is 20.6. The lowest BCUT2D eigenvalue weighted by Gasteiger charge is -2.19. The first-order valence-electron chi connectivity index (χ1n) is 8.99. The Morgan fingerprint density at radius 1 is 1.12 bits per heavy atom. The van der Waals surface area contributed by atoms with Crippen LogP contribution in [0.1, 0.15) is 30.0 Å². The van der Waals surface area contributed by atoms with E-state index >= 15 is 0 Å². The zero-order valence-electron chi connectivity index (χ0n) is 15.2. The topological polar surface area (TPSA) is 58.4 Å². The Hall–Kier alpha value is -1.88. The van der Waals surface area contributed by atoms with Crippen molar-refractivity contribution in [1.82, 2.24) is 10.2 Å². The zero-order chi connectivity index (χ0) is 17.6. The molecule has 3 atom stereocenters. The molecule has 3 N–H and O–H groups in total. The van der Waals surface area contributed by atoms with E-state index in [1.165, 1.54) is 5.56 Å². The maximum absolute atomic E-state index is 12.4. The third-order valence-electron chi connectivity index (χ3n) is 5.09. The molecule has 5 heteroatoms. The van der Waals surface area contributed by atoms with Crippen LogP contribution < -0.4 is 11.1 Å². The fourth-order valence-corrected chi connectivity index (χ4v) is 3.72. The molecular weight excluding hydrogens is 346 g/mol. The second kappa shape index (κ2) is 9.72. The molecule has 1 unspecified atom stereocenters. The normalized spacial score (nSPS) is 21.0. The first-order valence-corrected chi connectivity index (χ1v) is 8.99. The second-order valence-corrected chi connectivity index (χ2v) is 6.91. The van der Waals surface area contributed by atoms with Crippen LogP contribution in [-0.4, -0.2) is 37.0 Å². The van der Waals surface area contributed by atoms with E-state index in [0.29, 0.717) is 24.9 Å². The minimum atomic E-state index is 0. The molecule has 4 nitrogen and oxygen atoms in total. The maximum atomic E-state index is 12.4. The van der Waals surface area contributed by atoms with Crippen LogP contribution in [0.3, 0.4) is 0 Å². The number of nitrogens with zero attached hydrogens (tertiary/aromatic N) is 1. The summed E-state index contributed by atoms with van der Waals surface area (Å²) in [6.07, 6.45) is 0. The molecule has 1 fully saturated rings. The minimum Gasteiger partial charge on any atom is -0.348 e. The summed E-state index contributed by atoms with van der Waals surface area (Å²) < 4.78 is 0. The molecule has 0 spiro atoms. The fraction of sp³-hybridized carbons (Fsp3) is 0.381. The van der Waals surface area contributed by atoms with Crippen LogP contribution in [-0.2, 0) is 4.79 Å². The van der Waals surface area contributed by atoms with Gasteiger partial charge in [0, 0.05) is 19.0 Å². The van der Waals surface area contributed by atoms with Crippen molar-refractivity contribution in [3.05, 3.63) is 71.8 Å². The maximum Gasteiger partial charge on any atom is 0.234 e. The lowest BCUT2D eigenvalue weighted by molar-refractivity contribution is -0.122. The van der Waals surface area contributed by atoms with Crippen molar-refractivity contribution in [2.75, 3.05) is 26.2 Å². The van der Waals surface area contributed by atoms with E-state index < -0.39 is 0 Å². The molecule has 2 aromatic carbocycles. The lowest BCUT2D eigenvalue weighted by Crippen LogP contribution is -2.37. The van der Waals surface area contributed by atoms with Crippen LogP contribution in [0.15, 0.2) is 60.7 Å². The molecule has 0 radical (unpaired) electrons. The molecule has 0 saturated carbocycles. The predicted molar refractivity (Wildman–Crippen MR) is 108 cm³/mol. The Kier molecular flexibility index (Phi) is 7.64. The van der Waals surface area contributed by atoms with Gasteiger partial charge in [-0.15, -0.1) is 12.4 Å². The number of likely N-dealkylation sites (tertiary alicyclic amines) is 1. The molecule has 0 bridgehead atoms. The van der Waals surface area contributed by atoms with Crippen LogP contribution in [0.5, 0.6) is 0 Å². The number of hydrogen-bond acceptors (Lipinski definition) is 3. The number of nitrogens with two attached hydrogens (primary N) is 1. The van der Waals surface area contributed by atoms with Crippen LogP contribution in [0, 0.1) is 5.92 Å². The summed E-state index contributed by atoms with van der Waals surface area (Å²) in [5.74, 6) is 0.883. The molecule has 0 aromatic heterocycles. The number of amides is 1. The van der Waals surface area contributed by atoms with Gasteiger partial charge >= 0.3 is 0 Å². The number of hydrogen-bond donors (Lipinski definition) is 2. The Morgan fingerprint density at radius 2 is 1.73 bits per heavy atom. The fourth-order valence-electron chi connectivity index (χ4n) is 3.72. The third-order valence-corrected chi connectivity index (χ3v) is 5.09. The molecular formula is C21H28ClN3O. The predicted octanol–water partition coefficient (Wildman–Crippen LogP) is 2.96. The first-order chi connectivity index (χ1) is 12.2. The van der Waals surface area contributed by atoms with Crippen LogP contribution in [0.25, 0.3) is 0 Å². The third kappa shape index (κ3) is 5.07. The highest BCUT2D eigenvalue weighted by atomic mass is 35.5. The molecule has 1 aliphatic rings. The van der Waals surface area contributed by atoms with Crippen LogP contribution in [0.4, 0.5) is 0 Å². The Bertz CT molecular complexity index is 680. The number of halogens is 1. The molecule has 1 heterocycles. The summed E-state index contributed by atoms with van der Waals surface area (Å²) in [4.78, 5) is 14.7. The summed E-state index contributed by atoms with van der Waals surface area (Å²) >= 11 is 0. The summed E-state index contributed by atoms with van der Waals surface area (Å²) in [5.41, 5.74) is 8.43. The summed E-state index contributed by atoms with van der Waals surface area (Å²) in [5, 5.41) is 3.10. The van der Waals surface area contributed by atoms with Crippen molar-refractivity contribution in [2.24, 2.45) is 11.7 Å². The lowest BCUT2D eigenvalue weighted by atomic mass is 9.89. The van der Waals surface area contributed by atoms with Crippen molar-refractivity contribution < 1.29 is 4.79 Å². The van der Waals surface area contributed by atoms with E-state index in [2.05, 4.69) is 34.5 Å². The molecule has 2 aromatic rings. The molecule has 1 saturated heterocycles. The smallest absolute Gasteiger partial charge is 0.234 e. The number of carbonyl (C=O) groups is 1. The highest BCUT2D eigenvalue weighted by Gasteiger charge is 2.33. The van der Waals surface area contributed by atoms with E-state index in [1.807, 2.05) is 43.3 Å². The highest BCUT2D eigenvalue weighted by Crippen LogP contribution is 2.31. The van der Waals surface area contributed by atoms with E-state index in [1.54, 1.807) is 0 Å². The average Bonchev–Trinajstić information content (AvgIpc) is 3.05. The van der Waals surface area contributed by atoms with Crippen molar-refractivity contribution >= 4 is 18.3 Å². The number of carbonyl (C=O) groups excluding carboxylic acids is 1. The number of benzene rings is 2. The summed E-state index contributed by atoms with van der Waals surface area (Å²) in [7, 11) is 0. The number of rotatable bonds is 6. The van der Waals surface area contributed by atoms with Gasteiger partial charge in [-0.1, -0.05) is 60.7 Å². The minimum absolute atomic E-state index is 0. The monoisotopic (exact) mass is 373 g/mol. The molecule has 1 amide bonds. The first kappa shape index (κ1) is 20.4. The summed E-state index contributed by atoms with van der Waals surface area (Å²) in [6.45, 7) is 4.87. The van der Waals surface area contributed by atoms with Crippen molar-refractivity contribution in [3.63, 3.8) is 0 Å². The van der Waals surface area contributed by atoms with E-state index in [9.17, 15) is 4.79 Å². The van der Waals surface area contributed by atoms with E-state index in [-0.39, 0.29) is 24.4 Å². The van der Waals surface area contributed by atoms with Gasteiger partial charge in [0.25, 0.3) is 0 Å². The van der Waals surface area contributed by atoms with Crippen molar-refractivity contribution in [2.45, 2.75) is 18.9 Å². The Morgan fingerprint density at radius 3 is 2.35 bits per heavy atom. The zero-order valence-corrected chi connectivity index (χ0v) is 16.0.